The van der Waals surface area contributed by atoms with E-state index >= 15 is 0 Å². The number of nitrogens with zero attached hydrogens (tertiary/aromatic N) is 1. The van der Waals surface area contributed by atoms with Crippen LogP contribution in [0.5, 0.6) is 0 Å². The van der Waals surface area contributed by atoms with Crippen LogP contribution in [0.4, 0.5) is 0 Å². The predicted molar refractivity (Wildman–Crippen MR) is 80.1 cm³/mol. The molecular weight excluding hydrogens is 232 g/mol. The van der Waals surface area contributed by atoms with Crippen LogP contribution in [0, 0.1) is 5.92 Å². The summed E-state index contributed by atoms with van der Waals surface area (Å²) in [6.45, 7) is 5.46. The lowest BCUT2D eigenvalue weighted by Crippen LogP contribution is -2.43. The Morgan fingerprint density at radius 1 is 1.21 bits per heavy atom. The Morgan fingerprint density at radius 3 is 2.79 bits per heavy atom. The third kappa shape index (κ3) is 3.18. The van der Waals surface area contributed by atoms with Crippen molar-refractivity contribution in [3.63, 3.8) is 0 Å². The van der Waals surface area contributed by atoms with Gasteiger partial charge >= 0.3 is 0 Å². The van der Waals surface area contributed by atoms with Crippen molar-refractivity contribution >= 4 is 0 Å². The lowest BCUT2D eigenvalue weighted by atomic mass is 9.93. The van der Waals surface area contributed by atoms with Gasteiger partial charge in [-0.2, -0.15) is 0 Å². The molecule has 2 unspecified atom stereocenters. The molecule has 2 nitrogen and oxygen atoms in total. The van der Waals surface area contributed by atoms with Crippen molar-refractivity contribution in [1.82, 2.24) is 4.90 Å². The smallest absolute Gasteiger partial charge is 0.0236 e. The summed E-state index contributed by atoms with van der Waals surface area (Å²) < 4.78 is 0. The zero-order valence-electron chi connectivity index (χ0n) is 12.0. The van der Waals surface area contributed by atoms with Crippen LogP contribution < -0.4 is 5.73 Å². The highest BCUT2D eigenvalue weighted by atomic mass is 15.2. The maximum absolute atomic E-state index is 5.85. The van der Waals surface area contributed by atoms with Gasteiger partial charge in [-0.1, -0.05) is 24.3 Å². The van der Waals surface area contributed by atoms with Crippen LogP contribution in [0.3, 0.4) is 0 Å². The molecule has 1 saturated heterocycles. The maximum atomic E-state index is 5.85. The molecule has 104 valence electrons. The van der Waals surface area contributed by atoms with Gasteiger partial charge in [0.15, 0.2) is 0 Å². The van der Waals surface area contributed by atoms with Crippen molar-refractivity contribution in [1.29, 1.82) is 0 Å². The van der Waals surface area contributed by atoms with E-state index in [0.717, 1.165) is 19.0 Å². The number of rotatable bonds is 4. The summed E-state index contributed by atoms with van der Waals surface area (Å²) >= 11 is 0. The number of likely N-dealkylation sites (tertiary alicyclic amines) is 1. The average Bonchev–Trinajstić information content (AvgIpc) is 3.26. The van der Waals surface area contributed by atoms with Crippen molar-refractivity contribution < 1.29 is 0 Å². The zero-order valence-corrected chi connectivity index (χ0v) is 12.0. The molecule has 1 aromatic carbocycles. The molecule has 1 aliphatic carbocycles. The lowest BCUT2D eigenvalue weighted by molar-refractivity contribution is 0.113. The first-order valence-electron chi connectivity index (χ1n) is 7.79. The minimum Gasteiger partial charge on any atom is -0.330 e. The molecule has 1 heterocycles. The predicted octanol–water partition coefficient (Wildman–Crippen LogP) is 3.12. The van der Waals surface area contributed by atoms with Gasteiger partial charge in [-0.25, -0.2) is 0 Å². The second-order valence-corrected chi connectivity index (χ2v) is 6.48. The van der Waals surface area contributed by atoms with E-state index in [1.165, 1.54) is 37.8 Å². The third-order valence-corrected chi connectivity index (χ3v) is 4.83. The minimum absolute atomic E-state index is 0.697. The molecule has 1 aliphatic heterocycles. The van der Waals surface area contributed by atoms with Crippen molar-refractivity contribution in [2.45, 2.75) is 51.1 Å². The van der Waals surface area contributed by atoms with Crippen LogP contribution in [0.1, 0.15) is 49.7 Å². The van der Waals surface area contributed by atoms with Gasteiger partial charge < -0.3 is 5.73 Å². The van der Waals surface area contributed by atoms with Crippen LogP contribution in [0.25, 0.3) is 0 Å². The SMILES string of the molecule is CC1CCC(CN)CN1Cc1cccc(C2CC2)c1. The molecule has 2 fully saturated rings. The Balaban J connectivity index is 1.67. The van der Waals surface area contributed by atoms with Crippen LogP contribution in [0.15, 0.2) is 24.3 Å². The average molecular weight is 258 g/mol. The topological polar surface area (TPSA) is 29.3 Å². The van der Waals surface area contributed by atoms with E-state index in [0.29, 0.717) is 12.0 Å². The molecule has 0 bridgehead atoms. The van der Waals surface area contributed by atoms with E-state index in [-0.39, 0.29) is 0 Å². The van der Waals surface area contributed by atoms with E-state index in [1.54, 1.807) is 5.56 Å². The van der Waals surface area contributed by atoms with Gasteiger partial charge in [-0.15, -0.1) is 0 Å². The fourth-order valence-corrected chi connectivity index (χ4v) is 3.27. The number of hydrogen-bond acceptors (Lipinski definition) is 2. The van der Waals surface area contributed by atoms with Crippen LogP contribution in [-0.2, 0) is 6.54 Å². The second-order valence-electron chi connectivity index (χ2n) is 6.48. The maximum Gasteiger partial charge on any atom is 0.0236 e. The number of piperidine rings is 1. The largest absolute Gasteiger partial charge is 0.330 e. The van der Waals surface area contributed by atoms with Crippen molar-refractivity contribution in [3.05, 3.63) is 35.4 Å². The molecule has 0 spiro atoms. The Morgan fingerprint density at radius 2 is 2.05 bits per heavy atom. The fourth-order valence-electron chi connectivity index (χ4n) is 3.27. The summed E-state index contributed by atoms with van der Waals surface area (Å²) in [5.41, 5.74) is 8.88. The Bertz CT molecular complexity index is 425. The first kappa shape index (κ1) is 13.1. The molecule has 0 aromatic heterocycles. The van der Waals surface area contributed by atoms with Crippen molar-refractivity contribution in [2.24, 2.45) is 11.7 Å². The van der Waals surface area contributed by atoms with Crippen LogP contribution >= 0.6 is 0 Å². The minimum atomic E-state index is 0.697. The van der Waals surface area contributed by atoms with E-state index in [2.05, 4.69) is 36.1 Å². The molecule has 2 aliphatic rings. The molecule has 1 saturated carbocycles. The van der Waals surface area contributed by atoms with E-state index in [1.807, 2.05) is 0 Å². The molecule has 2 N–H and O–H groups in total. The fraction of sp³-hybridized carbons (Fsp3) is 0.647. The normalized spacial score (nSPS) is 28.5. The lowest BCUT2D eigenvalue weighted by Gasteiger charge is -2.37. The number of benzene rings is 1. The number of hydrogen-bond donors (Lipinski definition) is 1. The van der Waals surface area contributed by atoms with E-state index < -0.39 is 0 Å². The highest BCUT2D eigenvalue weighted by Crippen LogP contribution is 2.40. The second kappa shape index (κ2) is 5.64. The van der Waals surface area contributed by atoms with Crippen LogP contribution in [-0.4, -0.2) is 24.0 Å². The summed E-state index contributed by atoms with van der Waals surface area (Å²) in [6, 6.07) is 9.94. The van der Waals surface area contributed by atoms with Gasteiger partial charge in [-0.05, 0) is 62.1 Å². The summed E-state index contributed by atoms with van der Waals surface area (Å²) in [5, 5.41) is 0. The van der Waals surface area contributed by atoms with E-state index in [9.17, 15) is 0 Å². The Labute approximate surface area is 117 Å². The molecule has 1 aromatic rings. The van der Waals surface area contributed by atoms with Crippen molar-refractivity contribution in [3.8, 4) is 0 Å². The third-order valence-electron chi connectivity index (χ3n) is 4.83. The highest BCUT2D eigenvalue weighted by molar-refractivity contribution is 5.29. The van der Waals surface area contributed by atoms with Gasteiger partial charge in [0.05, 0.1) is 0 Å². The number of nitrogens with two attached hydrogens (primary N) is 1. The quantitative estimate of drug-likeness (QED) is 0.899. The molecule has 0 radical (unpaired) electrons. The zero-order chi connectivity index (χ0) is 13.2. The monoisotopic (exact) mass is 258 g/mol. The van der Waals surface area contributed by atoms with Gasteiger partial charge in [0.1, 0.15) is 0 Å². The Kier molecular flexibility index (Phi) is 3.90. The summed E-state index contributed by atoms with van der Waals surface area (Å²) in [5.74, 6) is 1.55. The van der Waals surface area contributed by atoms with Crippen LogP contribution in [0.2, 0.25) is 0 Å². The molecule has 0 amide bonds. The molecule has 3 rings (SSSR count). The Hall–Kier alpha value is -0.860. The summed E-state index contributed by atoms with van der Waals surface area (Å²) in [4.78, 5) is 2.62. The standard InChI is InChI=1S/C17H26N2/c1-13-5-6-15(10-18)12-19(13)11-14-3-2-4-17(9-14)16-7-8-16/h2-4,9,13,15-16H,5-8,10-12,18H2,1H3. The first-order chi connectivity index (χ1) is 9.26. The van der Waals surface area contributed by atoms with Gasteiger partial charge in [0, 0.05) is 19.1 Å². The first-order valence-corrected chi connectivity index (χ1v) is 7.79. The van der Waals surface area contributed by atoms with Gasteiger partial charge in [0.2, 0.25) is 0 Å². The van der Waals surface area contributed by atoms with Crippen molar-refractivity contribution in [2.75, 3.05) is 13.1 Å². The molecule has 2 heteroatoms. The molecular formula is C17H26N2. The molecule has 19 heavy (non-hydrogen) atoms. The summed E-state index contributed by atoms with van der Waals surface area (Å²) in [6.07, 6.45) is 5.37. The molecule has 2 atom stereocenters. The summed E-state index contributed by atoms with van der Waals surface area (Å²) in [7, 11) is 0. The van der Waals surface area contributed by atoms with E-state index in [4.69, 9.17) is 5.73 Å². The van der Waals surface area contributed by atoms with Gasteiger partial charge in [0.25, 0.3) is 0 Å². The highest BCUT2D eigenvalue weighted by Gasteiger charge is 2.26. The van der Waals surface area contributed by atoms with Gasteiger partial charge in [-0.3, -0.25) is 4.90 Å².